The molecule has 3 heteroatoms. The molecule has 1 fully saturated rings. The van der Waals surface area contributed by atoms with E-state index in [0.717, 1.165) is 13.0 Å². The zero-order valence-electron chi connectivity index (χ0n) is 13.6. The number of nitrogens with zero attached hydrogens (tertiary/aromatic N) is 1. The average Bonchev–Trinajstić information content (AvgIpc) is 2.77. The summed E-state index contributed by atoms with van der Waals surface area (Å²) >= 11 is 0. The lowest BCUT2D eigenvalue weighted by atomic mass is 9.86. The van der Waals surface area contributed by atoms with Gasteiger partial charge in [-0.05, 0) is 19.3 Å². The van der Waals surface area contributed by atoms with Crippen molar-refractivity contribution in [2.24, 2.45) is 0 Å². The quantitative estimate of drug-likeness (QED) is 0.402. The highest BCUT2D eigenvalue weighted by atomic mass is 16.2. The maximum atomic E-state index is 12.1. The van der Waals surface area contributed by atoms with E-state index >= 15 is 0 Å². The number of amides is 1. The van der Waals surface area contributed by atoms with E-state index in [2.05, 4.69) is 18.7 Å². The second kappa shape index (κ2) is 10.3. The monoisotopic (exact) mass is 277 g/mol. The van der Waals surface area contributed by atoms with Gasteiger partial charge in [-0.2, -0.15) is 0 Å². The number of carbonyl (C=O) groups is 1. The first-order valence-electron chi connectivity index (χ1n) is 8.76. The Morgan fingerprint density at radius 1 is 1.05 bits per heavy atom. The molecule has 1 amide bonds. The van der Waals surface area contributed by atoms with Crippen LogP contribution in [0.4, 0.5) is 0 Å². The Bertz CT molecular complexity index is 270. The molecule has 1 saturated heterocycles. The molecule has 1 heterocycles. The molecule has 0 aliphatic carbocycles. The van der Waals surface area contributed by atoms with Crippen molar-refractivity contribution >= 4 is 13.8 Å². The molecule has 0 bridgehead atoms. The molecule has 2 radical (unpaired) electrons. The summed E-state index contributed by atoms with van der Waals surface area (Å²) in [6, 6.07) is 0.448. The lowest BCUT2D eigenvalue weighted by molar-refractivity contribution is -0.129. The van der Waals surface area contributed by atoms with Crippen LogP contribution in [0.3, 0.4) is 0 Å². The highest BCUT2D eigenvalue weighted by Gasteiger charge is 2.31. The predicted octanol–water partition coefficient (Wildman–Crippen LogP) is 4.49. The fourth-order valence-corrected chi connectivity index (χ4v) is 3.16. The third kappa shape index (κ3) is 5.89. The van der Waals surface area contributed by atoms with Crippen LogP contribution in [0.1, 0.15) is 84.5 Å². The molecule has 0 aromatic rings. The third-order valence-electron chi connectivity index (χ3n) is 4.50. The minimum absolute atomic E-state index is 0.194. The van der Waals surface area contributed by atoms with Gasteiger partial charge in [0.25, 0.3) is 0 Å². The van der Waals surface area contributed by atoms with Gasteiger partial charge in [-0.3, -0.25) is 4.79 Å². The molecule has 2 unspecified atom stereocenters. The first-order valence-corrected chi connectivity index (χ1v) is 8.76. The zero-order valence-corrected chi connectivity index (χ0v) is 13.6. The molecule has 114 valence electrons. The number of hydrogen-bond acceptors (Lipinski definition) is 1. The summed E-state index contributed by atoms with van der Waals surface area (Å²) in [4.78, 5) is 14.2. The van der Waals surface area contributed by atoms with Gasteiger partial charge in [0.05, 0.1) is 7.85 Å². The molecule has 2 nitrogen and oxygen atoms in total. The van der Waals surface area contributed by atoms with Gasteiger partial charge in [-0.1, -0.05) is 65.2 Å². The average molecular weight is 277 g/mol. The van der Waals surface area contributed by atoms with Crippen molar-refractivity contribution in [3.05, 3.63) is 0 Å². The van der Waals surface area contributed by atoms with Crippen LogP contribution >= 0.6 is 0 Å². The lowest BCUT2D eigenvalue weighted by Gasteiger charge is -2.28. The predicted molar refractivity (Wildman–Crippen MR) is 87.1 cm³/mol. The molecule has 0 spiro atoms. The minimum atomic E-state index is -0.233. The smallest absolute Gasteiger partial charge is 0.217 e. The van der Waals surface area contributed by atoms with Crippen LogP contribution in [0.5, 0.6) is 0 Å². The van der Waals surface area contributed by atoms with Crippen LogP contribution in [-0.4, -0.2) is 31.2 Å². The van der Waals surface area contributed by atoms with Crippen molar-refractivity contribution < 1.29 is 4.79 Å². The molecular weight excluding hydrogens is 245 g/mol. The molecular formula is C17H32BNO. The summed E-state index contributed by atoms with van der Waals surface area (Å²) in [5.74, 6) is -0.0381. The first kappa shape index (κ1) is 17.6. The van der Waals surface area contributed by atoms with Crippen molar-refractivity contribution in [1.29, 1.82) is 0 Å². The summed E-state index contributed by atoms with van der Waals surface area (Å²) < 4.78 is 0. The van der Waals surface area contributed by atoms with Gasteiger partial charge in [-0.15, -0.1) is 0 Å². The van der Waals surface area contributed by atoms with Crippen molar-refractivity contribution in [3.63, 3.8) is 0 Å². The molecule has 0 aromatic carbocycles. The van der Waals surface area contributed by atoms with Crippen molar-refractivity contribution in [2.45, 2.75) is 96.3 Å². The van der Waals surface area contributed by atoms with Crippen LogP contribution in [0.2, 0.25) is 5.82 Å². The van der Waals surface area contributed by atoms with Crippen molar-refractivity contribution in [1.82, 2.24) is 4.90 Å². The summed E-state index contributed by atoms with van der Waals surface area (Å²) in [7, 11) is 5.86. The van der Waals surface area contributed by atoms with Gasteiger partial charge in [0.2, 0.25) is 5.91 Å². The normalized spacial score (nSPS) is 20.6. The number of carbonyl (C=O) groups excluding carboxylic acids is 1. The van der Waals surface area contributed by atoms with Gasteiger partial charge in [-0.25, -0.2) is 0 Å². The van der Waals surface area contributed by atoms with Crippen LogP contribution in [-0.2, 0) is 4.79 Å². The van der Waals surface area contributed by atoms with Gasteiger partial charge < -0.3 is 4.90 Å². The second-order valence-corrected chi connectivity index (χ2v) is 6.28. The Morgan fingerprint density at radius 2 is 1.60 bits per heavy atom. The lowest BCUT2D eigenvalue weighted by Crippen LogP contribution is -2.37. The zero-order chi connectivity index (χ0) is 14.8. The molecule has 0 saturated carbocycles. The van der Waals surface area contributed by atoms with E-state index in [1.165, 1.54) is 64.2 Å². The molecule has 1 aliphatic rings. The van der Waals surface area contributed by atoms with Crippen LogP contribution in [0.25, 0.3) is 0 Å². The number of unbranched alkanes of at least 4 members (excludes halogenated alkanes) is 6. The van der Waals surface area contributed by atoms with Crippen LogP contribution < -0.4 is 0 Å². The number of likely N-dealkylation sites (tertiary alicyclic amines) is 1. The van der Waals surface area contributed by atoms with E-state index in [4.69, 9.17) is 7.85 Å². The van der Waals surface area contributed by atoms with E-state index in [1.807, 2.05) is 0 Å². The fourth-order valence-electron chi connectivity index (χ4n) is 3.16. The second-order valence-electron chi connectivity index (χ2n) is 6.28. The summed E-state index contributed by atoms with van der Waals surface area (Å²) in [6.07, 6.45) is 13.5. The largest absolute Gasteiger partial charge is 0.340 e. The topological polar surface area (TPSA) is 20.3 Å². The Hall–Kier alpha value is -0.465. The molecule has 0 aromatic heterocycles. The highest BCUT2D eigenvalue weighted by Crippen LogP contribution is 2.27. The van der Waals surface area contributed by atoms with E-state index < -0.39 is 0 Å². The molecule has 20 heavy (non-hydrogen) atoms. The third-order valence-corrected chi connectivity index (χ3v) is 4.50. The maximum Gasteiger partial charge on any atom is 0.217 e. The van der Waals surface area contributed by atoms with Gasteiger partial charge in [0.1, 0.15) is 0 Å². The van der Waals surface area contributed by atoms with Crippen molar-refractivity contribution in [3.8, 4) is 0 Å². The van der Waals surface area contributed by atoms with Gasteiger partial charge in [0.15, 0.2) is 0 Å². The molecule has 1 rings (SSSR count). The molecule has 1 aliphatic heterocycles. The van der Waals surface area contributed by atoms with Crippen LogP contribution in [0.15, 0.2) is 0 Å². The fraction of sp³-hybridized carbons (Fsp3) is 0.941. The Labute approximate surface area is 127 Å². The standard InChI is InChI=1S/C17H32BNO/c1-3-5-7-8-10-12-15(11-9-6-4-2)19-14-13-16(18)17(19)20/h15-16H,3-14H2,1-2H3. The van der Waals surface area contributed by atoms with Crippen molar-refractivity contribution in [2.75, 3.05) is 6.54 Å². The van der Waals surface area contributed by atoms with E-state index in [9.17, 15) is 4.79 Å². The van der Waals surface area contributed by atoms with E-state index in [1.54, 1.807) is 0 Å². The summed E-state index contributed by atoms with van der Waals surface area (Å²) in [6.45, 7) is 5.36. The maximum absolute atomic E-state index is 12.1. The first-order chi connectivity index (χ1) is 9.70. The molecule has 2 atom stereocenters. The number of rotatable bonds is 11. The van der Waals surface area contributed by atoms with Crippen LogP contribution in [0, 0.1) is 0 Å². The Kier molecular flexibility index (Phi) is 9.05. The number of hydrogen-bond donors (Lipinski definition) is 0. The Morgan fingerprint density at radius 3 is 2.15 bits per heavy atom. The summed E-state index contributed by atoms with van der Waals surface area (Å²) in [5.41, 5.74) is 0. The van der Waals surface area contributed by atoms with Gasteiger partial charge >= 0.3 is 0 Å². The van der Waals surface area contributed by atoms with E-state index in [-0.39, 0.29) is 11.7 Å². The van der Waals surface area contributed by atoms with Gasteiger partial charge in [0, 0.05) is 18.4 Å². The Balaban J connectivity index is 2.37. The summed E-state index contributed by atoms with van der Waals surface area (Å²) in [5, 5.41) is 0. The minimum Gasteiger partial charge on any atom is -0.340 e. The highest BCUT2D eigenvalue weighted by molar-refractivity contribution is 6.24. The molecule has 0 N–H and O–H groups in total. The SMILES string of the molecule is [B]C1CCN(C(CCCCC)CCCCCCC)C1=O. The van der Waals surface area contributed by atoms with E-state index in [0.29, 0.717) is 6.04 Å².